The van der Waals surface area contributed by atoms with Crippen molar-refractivity contribution in [3.05, 3.63) is 23.8 Å². The Hall–Kier alpha value is -1.56. The molecule has 0 fully saturated rings. The summed E-state index contributed by atoms with van der Waals surface area (Å²) in [5.74, 6) is 0.0720. The number of carbonyl (C=O) groups is 1. The first-order valence-electron chi connectivity index (χ1n) is 5.06. The summed E-state index contributed by atoms with van der Waals surface area (Å²) in [7, 11) is 0.450. The first-order valence-corrected chi connectivity index (χ1v) is 6.79. The van der Waals surface area contributed by atoms with Crippen molar-refractivity contribution in [3.63, 3.8) is 0 Å². The van der Waals surface area contributed by atoms with E-state index in [2.05, 4.69) is 10.1 Å². The number of ether oxygens (including phenoxy) is 1. The minimum atomic E-state index is -0.866. The lowest BCUT2D eigenvalue weighted by molar-refractivity contribution is 0.0602. The average molecular weight is 256 g/mol. The highest BCUT2D eigenvalue weighted by atomic mass is 32.2. The van der Waals surface area contributed by atoms with E-state index in [4.69, 9.17) is 5.73 Å². The zero-order chi connectivity index (χ0) is 12.8. The molecule has 3 N–H and O–H groups in total. The van der Waals surface area contributed by atoms with Crippen LogP contribution in [-0.2, 0) is 15.5 Å². The van der Waals surface area contributed by atoms with E-state index in [0.717, 1.165) is 0 Å². The lowest BCUT2D eigenvalue weighted by atomic mass is 10.1. The minimum absolute atomic E-state index is 0.384. The Labute approximate surface area is 103 Å². The van der Waals surface area contributed by atoms with Gasteiger partial charge in [-0.05, 0) is 18.2 Å². The summed E-state index contributed by atoms with van der Waals surface area (Å²) >= 11 is 0. The topological polar surface area (TPSA) is 81.4 Å². The Kier molecular flexibility index (Phi) is 4.96. The number of anilines is 2. The Morgan fingerprint density at radius 3 is 2.82 bits per heavy atom. The number of nitrogens with one attached hydrogen (secondary N) is 1. The van der Waals surface area contributed by atoms with Crippen molar-refractivity contribution >= 4 is 28.1 Å². The predicted molar refractivity (Wildman–Crippen MR) is 69.6 cm³/mol. The highest BCUT2D eigenvalue weighted by molar-refractivity contribution is 7.84. The van der Waals surface area contributed by atoms with Gasteiger partial charge in [-0.15, -0.1) is 0 Å². The molecule has 0 radical (unpaired) electrons. The summed E-state index contributed by atoms with van der Waals surface area (Å²) < 4.78 is 15.6. The van der Waals surface area contributed by atoms with Gasteiger partial charge in [-0.3, -0.25) is 4.21 Å². The average Bonchev–Trinajstić information content (AvgIpc) is 2.29. The van der Waals surface area contributed by atoms with Gasteiger partial charge < -0.3 is 15.8 Å². The fourth-order valence-corrected chi connectivity index (χ4v) is 1.71. The number of hydrogen-bond donors (Lipinski definition) is 2. The van der Waals surface area contributed by atoms with Crippen molar-refractivity contribution in [3.8, 4) is 0 Å². The first kappa shape index (κ1) is 13.5. The summed E-state index contributed by atoms with van der Waals surface area (Å²) in [5, 5.41) is 3.04. The highest BCUT2D eigenvalue weighted by Gasteiger charge is 2.11. The number of nitrogens with two attached hydrogens (primary N) is 1. The number of rotatable bonds is 5. The largest absolute Gasteiger partial charge is 0.465 e. The summed E-state index contributed by atoms with van der Waals surface area (Å²) in [5.41, 5.74) is 7.13. The summed E-state index contributed by atoms with van der Waals surface area (Å²) in [6.45, 7) is 0.525. The number of esters is 1. The second kappa shape index (κ2) is 6.24. The predicted octanol–water partition coefficient (Wildman–Crippen LogP) is 0.846. The normalized spacial score (nSPS) is 11.9. The summed E-state index contributed by atoms with van der Waals surface area (Å²) in [6.07, 6.45) is 1.63. The van der Waals surface area contributed by atoms with Crippen molar-refractivity contribution < 1.29 is 13.7 Å². The van der Waals surface area contributed by atoms with Crippen LogP contribution in [0.2, 0.25) is 0 Å². The van der Waals surface area contributed by atoms with Crippen molar-refractivity contribution in [2.75, 3.05) is 36.7 Å². The van der Waals surface area contributed by atoms with Crippen LogP contribution in [0.3, 0.4) is 0 Å². The van der Waals surface area contributed by atoms with Gasteiger partial charge in [0.25, 0.3) is 0 Å². The van der Waals surface area contributed by atoms with E-state index in [1.165, 1.54) is 7.11 Å². The molecule has 1 rings (SSSR count). The quantitative estimate of drug-likeness (QED) is 0.603. The molecule has 1 aromatic carbocycles. The number of carbonyl (C=O) groups excluding carboxylic acids is 1. The van der Waals surface area contributed by atoms with E-state index < -0.39 is 16.8 Å². The lowest BCUT2D eigenvalue weighted by Crippen LogP contribution is -2.13. The van der Waals surface area contributed by atoms with E-state index in [1.807, 2.05) is 0 Å². The Balaban J connectivity index is 2.83. The third-order valence-electron chi connectivity index (χ3n) is 2.15. The van der Waals surface area contributed by atoms with Gasteiger partial charge in [-0.25, -0.2) is 4.79 Å². The molecule has 0 amide bonds. The molecule has 0 aliphatic heterocycles. The van der Waals surface area contributed by atoms with Crippen LogP contribution < -0.4 is 11.1 Å². The lowest BCUT2D eigenvalue weighted by Gasteiger charge is -2.10. The molecular formula is C11H16N2O3S. The van der Waals surface area contributed by atoms with Crippen molar-refractivity contribution in [2.24, 2.45) is 0 Å². The number of methoxy groups -OCH3 is 1. The van der Waals surface area contributed by atoms with Gasteiger partial charge in [-0.2, -0.15) is 0 Å². The minimum Gasteiger partial charge on any atom is -0.465 e. The van der Waals surface area contributed by atoms with Crippen molar-refractivity contribution in [1.82, 2.24) is 0 Å². The molecule has 94 valence electrons. The Morgan fingerprint density at radius 1 is 1.53 bits per heavy atom. The van der Waals surface area contributed by atoms with Crippen LogP contribution in [0, 0.1) is 0 Å². The fraction of sp³-hybridized carbons (Fsp3) is 0.364. The van der Waals surface area contributed by atoms with E-state index in [0.29, 0.717) is 29.2 Å². The van der Waals surface area contributed by atoms with Crippen molar-refractivity contribution in [2.45, 2.75) is 0 Å². The molecule has 0 aliphatic carbocycles. The molecular weight excluding hydrogens is 240 g/mol. The van der Waals surface area contributed by atoms with Crippen LogP contribution >= 0.6 is 0 Å². The van der Waals surface area contributed by atoms with Crippen LogP contribution in [-0.4, -0.2) is 35.8 Å². The Bertz CT molecular complexity index is 435. The second-order valence-corrected chi connectivity index (χ2v) is 5.06. The zero-order valence-corrected chi connectivity index (χ0v) is 10.7. The molecule has 5 nitrogen and oxygen atoms in total. The van der Waals surface area contributed by atoms with Crippen LogP contribution in [0.4, 0.5) is 11.4 Å². The number of nitrogen functional groups attached to an aromatic ring is 1. The maximum atomic E-state index is 11.5. The molecule has 0 saturated heterocycles. The van der Waals surface area contributed by atoms with Gasteiger partial charge in [0.2, 0.25) is 0 Å². The molecule has 0 bridgehead atoms. The maximum absolute atomic E-state index is 11.5. The molecule has 1 unspecified atom stereocenters. The van der Waals surface area contributed by atoms with E-state index >= 15 is 0 Å². The smallest absolute Gasteiger partial charge is 0.340 e. The van der Waals surface area contributed by atoms with Gasteiger partial charge in [0.1, 0.15) is 0 Å². The third-order valence-corrected chi connectivity index (χ3v) is 2.93. The third kappa shape index (κ3) is 4.07. The molecule has 0 aromatic heterocycles. The van der Waals surface area contributed by atoms with E-state index in [-0.39, 0.29) is 0 Å². The monoisotopic (exact) mass is 256 g/mol. The fourth-order valence-electron chi connectivity index (χ4n) is 1.32. The second-order valence-electron chi connectivity index (χ2n) is 3.50. The zero-order valence-electron chi connectivity index (χ0n) is 9.86. The van der Waals surface area contributed by atoms with Gasteiger partial charge in [0.15, 0.2) is 0 Å². The number of benzene rings is 1. The first-order chi connectivity index (χ1) is 8.04. The van der Waals surface area contributed by atoms with Gasteiger partial charge in [0.05, 0.1) is 12.7 Å². The summed E-state index contributed by atoms with van der Waals surface area (Å²) in [6, 6.07) is 4.95. The molecule has 0 saturated carbocycles. The molecule has 0 spiro atoms. The van der Waals surface area contributed by atoms with Gasteiger partial charge in [-0.1, -0.05) is 0 Å². The van der Waals surface area contributed by atoms with E-state index in [9.17, 15) is 9.00 Å². The van der Waals surface area contributed by atoms with E-state index in [1.54, 1.807) is 24.5 Å². The van der Waals surface area contributed by atoms with Crippen LogP contribution in [0.1, 0.15) is 10.4 Å². The molecule has 0 aliphatic rings. The molecule has 0 heterocycles. The van der Waals surface area contributed by atoms with Crippen LogP contribution in [0.5, 0.6) is 0 Å². The van der Waals surface area contributed by atoms with Crippen LogP contribution in [0.25, 0.3) is 0 Å². The van der Waals surface area contributed by atoms with Crippen molar-refractivity contribution in [1.29, 1.82) is 0 Å². The molecule has 1 atom stereocenters. The number of hydrogen-bond acceptors (Lipinski definition) is 5. The Morgan fingerprint density at radius 2 is 2.24 bits per heavy atom. The van der Waals surface area contributed by atoms with Gasteiger partial charge >= 0.3 is 5.97 Å². The highest BCUT2D eigenvalue weighted by Crippen LogP contribution is 2.19. The SMILES string of the molecule is COC(=O)c1cc(N)ccc1NCCS(C)=O. The standard InChI is InChI=1S/C11H16N2O3S/c1-16-11(14)9-7-8(12)3-4-10(9)13-5-6-17(2)15/h3-4,7,13H,5-6,12H2,1-2H3. The maximum Gasteiger partial charge on any atom is 0.340 e. The van der Waals surface area contributed by atoms with Gasteiger partial charge in [0, 0.05) is 40.7 Å². The van der Waals surface area contributed by atoms with Crippen LogP contribution in [0.15, 0.2) is 18.2 Å². The molecule has 1 aromatic rings. The molecule has 6 heteroatoms. The summed E-state index contributed by atoms with van der Waals surface area (Å²) in [4.78, 5) is 11.5. The molecule has 17 heavy (non-hydrogen) atoms.